The lowest BCUT2D eigenvalue weighted by Gasteiger charge is -2.15. The van der Waals surface area contributed by atoms with E-state index in [4.69, 9.17) is 0 Å². The molecule has 1 atom stereocenters. The Kier molecular flexibility index (Phi) is 5.38. The van der Waals surface area contributed by atoms with Crippen molar-refractivity contribution in [2.24, 2.45) is 0 Å². The molecule has 1 amide bonds. The Balaban J connectivity index is 1.83. The molecular formula is C18H22N2O. The molecule has 2 aromatic carbocycles. The lowest BCUT2D eigenvalue weighted by atomic mass is 10.1. The first-order valence-electron chi connectivity index (χ1n) is 7.36. The molecule has 0 aliphatic carbocycles. The van der Waals surface area contributed by atoms with Gasteiger partial charge < -0.3 is 10.6 Å². The summed E-state index contributed by atoms with van der Waals surface area (Å²) >= 11 is 0. The number of carbonyl (C=O) groups is 1. The molecule has 2 aromatic rings. The van der Waals surface area contributed by atoms with Crippen LogP contribution < -0.4 is 10.6 Å². The zero-order valence-corrected chi connectivity index (χ0v) is 12.6. The predicted molar refractivity (Wildman–Crippen MR) is 87.3 cm³/mol. The molecule has 0 spiro atoms. The molecule has 21 heavy (non-hydrogen) atoms. The molecule has 0 heterocycles. The molecule has 3 nitrogen and oxygen atoms in total. The summed E-state index contributed by atoms with van der Waals surface area (Å²) in [6.07, 6.45) is 1.03. The lowest BCUT2D eigenvalue weighted by molar-refractivity contribution is -0.120. The zero-order valence-electron chi connectivity index (χ0n) is 12.6. The Morgan fingerprint density at radius 3 is 2.33 bits per heavy atom. The topological polar surface area (TPSA) is 41.1 Å². The highest BCUT2D eigenvalue weighted by atomic mass is 16.1. The van der Waals surface area contributed by atoms with Crippen molar-refractivity contribution in [2.75, 3.05) is 11.9 Å². The highest BCUT2D eigenvalue weighted by Crippen LogP contribution is 2.13. The lowest BCUT2D eigenvalue weighted by Crippen LogP contribution is -2.32. The zero-order chi connectivity index (χ0) is 15.1. The van der Waals surface area contributed by atoms with E-state index in [1.54, 1.807) is 0 Å². The van der Waals surface area contributed by atoms with Crippen LogP contribution in [0.2, 0.25) is 0 Å². The van der Waals surface area contributed by atoms with Gasteiger partial charge in [0.1, 0.15) is 0 Å². The number of para-hydroxylation sites is 1. The van der Waals surface area contributed by atoms with E-state index >= 15 is 0 Å². The maximum absolute atomic E-state index is 11.9. The second kappa shape index (κ2) is 7.48. The molecule has 0 saturated heterocycles. The monoisotopic (exact) mass is 282 g/mol. The minimum atomic E-state index is -0.00841. The van der Waals surface area contributed by atoms with Crippen LogP contribution in [-0.2, 0) is 11.2 Å². The van der Waals surface area contributed by atoms with Crippen LogP contribution in [0.5, 0.6) is 0 Å². The van der Waals surface area contributed by atoms with Gasteiger partial charge in [0.2, 0.25) is 5.91 Å². The van der Waals surface area contributed by atoms with Crippen LogP contribution in [0.3, 0.4) is 0 Å². The minimum Gasteiger partial charge on any atom is -0.376 e. The average molecular weight is 282 g/mol. The fraction of sp³-hybridized carbons (Fsp3) is 0.278. The molecule has 0 aliphatic heterocycles. The van der Waals surface area contributed by atoms with E-state index in [9.17, 15) is 4.79 Å². The first kappa shape index (κ1) is 15.1. The van der Waals surface area contributed by atoms with Gasteiger partial charge in [-0.05, 0) is 36.6 Å². The van der Waals surface area contributed by atoms with Crippen molar-refractivity contribution in [3.8, 4) is 0 Å². The van der Waals surface area contributed by atoms with Gasteiger partial charge in [0.05, 0.1) is 12.6 Å². The SMILES string of the molecule is CCc1ccc(C(C)NC(=O)CNc2ccccc2)cc1. The standard InChI is InChI=1S/C18H22N2O/c1-3-15-9-11-16(12-10-15)14(2)20-18(21)13-19-17-7-5-4-6-8-17/h4-12,14,19H,3,13H2,1-2H3,(H,20,21). The Labute approximate surface area is 126 Å². The van der Waals surface area contributed by atoms with Gasteiger partial charge in [0, 0.05) is 5.69 Å². The Hall–Kier alpha value is -2.29. The predicted octanol–water partition coefficient (Wildman–Crippen LogP) is 3.54. The summed E-state index contributed by atoms with van der Waals surface area (Å²) in [6.45, 7) is 4.41. The van der Waals surface area contributed by atoms with Gasteiger partial charge in [-0.3, -0.25) is 4.79 Å². The molecule has 0 bridgehead atoms. The first-order valence-corrected chi connectivity index (χ1v) is 7.36. The molecule has 1 unspecified atom stereocenters. The van der Waals surface area contributed by atoms with E-state index in [2.05, 4.69) is 41.8 Å². The van der Waals surface area contributed by atoms with E-state index in [1.807, 2.05) is 37.3 Å². The minimum absolute atomic E-state index is 0.00841. The highest BCUT2D eigenvalue weighted by molar-refractivity contribution is 5.81. The first-order chi connectivity index (χ1) is 10.2. The number of hydrogen-bond donors (Lipinski definition) is 2. The second-order valence-corrected chi connectivity index (χ2v) is 5.10. The molecular weight excluding hydrogens is 260 g/mol. The molecule has 0 fully saturated rings. The van der Waals surface area contributed by atoms with E-state index < -0.39 is 0 Å². The molecule has 110 valence electrons. The van der Waals surface area contributed by atoms with Crippen molar-refractivity contribution >= 4 is 11.6 Å². The van der Waals surface area contributed by atoms with Crippen LogP contribution in [0.15, 0.2) is 54.6 Å². The van der Waals surface area contributed by atoms with Gasteiger partial charge in [-0.25, -0.2) is 0 Å². The number of benzene rings is 2. The van der Waals surface area contributed by atoms with Crippen molar-refractivity contribution in [3.63, 3.8) is 0 Å². The van der Waals surface area contributed by atoms with Crippen LogP contribution in [0.1, 0.15) is 31.0 Å². The Bertz CT molecular complexity index is 564. The maximum Gasteiger partial charge on any atom is 0.239 e. The fourth-order valence-electron chi connectivity index (χ4n) is 2.16. The largest absolute Gasteiger partial charge is 0.376 e. The van der Waals surface area contributed by atoms with Gasteiger partial charge in [-0.2, -0.15) is 0 Å². The van der Waals surface area contributed by atoms with Crippen molar-refractivity contribution < 1.29 is 4.79 Å². The van der Waals surface area contributed by atoms with Crippen LogP contribution in [0, 0.1) is 0 Å². The number of rotatable bonds is 6. The summed E-state index contributed by atoms with van der Waals surface area (Å²) in [5.41, 5.74) is 3.39. The summed E-state index contributed by atoms with van der Waals surface area (Å²) in [5, 5.41) is 6.11. The number of carbonyl (C=O) groups excluding carboxylic acids is 1. The summed E-state index contributed by atoms with van der Waals surface area (Å²) in [4.78, 5) is 11.9. The third-order valence-corrected chi connectivity index (χ3v) is 3.49. The Morgan fingerprint density at radius 2 is 1.71 bits per heavy atom. The number of hydrogen-bond acceptors (Lipinski definition) is 2. The van der Waals surface area contributed by atoms with Gasteiger partial charge in [0.15, 0.2) is 0 Å². The van der Waals surface area contributed by atoms with Crippen molar-refractivity contribution in [1.82, 2.24) is 5.32 Å². The number of amides is 1. The molecule has 2 rings (SSSR count). The van der Waals surface area contributed by atoms with E-state index in [0.717, 1.165) is 17.7 Å². The van der Waals surface area contributed by atoms with E-state index in [1.165, 1.54) is 5.56 Å². The highest BCUT2D eigenvalue weighted by Gasteiger charge is 2.09. The van der Waals surface area contributed by atoms with Gasteiger partial charge in [-0.1, -0.05) is 49.4 Å². The second-order valence-electron chi connectivity index (χ2n) is 5.10. The van der Waals surface area contributed by atoms with Crippen LogP contribution >= 0.6 is 0 Å². The third kappa shape index (κ3) is 4.63. The Morgan fingerprint density at radius 1 is 1.05 bits per heavy atom. The van der Waals surface area contributed by atoms with E-state index in [-0.39, 0.29) is 18.5 Å². The average Bonchev–Trinajstić information content (AvgIpc) is 2.54. The van der Waals surface area contributed by atoms with Gasteiger partial charge >= 0.3 is 0 Å². The smallest absolute Gasteiger partial charge is 0.239 e. The number of nitrogens with one attached hydrogen (secondary N) is 2. The number of anilines is 1. The van der Waals surface area contributed by atoms with E-state index in [0.29, 0.717) is 0 Å². The van der Waals surface area contributed by atoms with Gasteiger partial charge in [-0.15, -0.1) is 0 Å². The molecule has 0 saturated carbocycles. The molecule has 0 aliphatic rings. The molecule has 0 aromatic heterocycles. The van der Waals surface area contributed by atoms with Crippen LogP contribution in [0.4, 0.5) is 5.69 Å². The van der Waals surface area contributed by atoms with Gasteiger partial charge in [0.25, 0.3) is 0 Å². The summed E-state index contributed by atoms with van der Waals surface area (Å²) < 4.78 is 0. The maximum atomic E-state index is 11.9. The molecule has 3 heteroatoms. The summed E-state index contributed by atoms with van der Waals surface area (Å²) in [5.74, 6) is -0.00841. The fourth-order valence-corrected chi connectivity index (χ4v) is 2.16. The van der Waals surface area contributed by atoms with Crippen molar-refractivity contribution in [3.05, 3.63) is 65.7 Å². The van der Waals surface area contributed by atoms with Crippen LogP contribution in [0.25, 0.3) is 0 Å². The van der Waals surface area contributed by atoms with Crippen molar-refractivity contribution in [2.45, 2.75) is 26.3 Å². The summed E-state index contributed by atoms with van der Waals surface area (Å²) in [6, 6.07) is 18.1. The van der Waals surface area contributed by atoms with Crippen LogP contribution in [-0.4, -0.2) is 12.5 Å². The molecule has 0 radical (unpaired) electrons. The quantitative estimate of drug-likeness (QED) is 0.851. The van der Waals surface area contributed by atoms with Crippen molar-refractivity contribution in [1.29, 1.82) is 0 Å². The third-order valence-electron chi connectivity index (χ3n) is 3.49. The summed E-state index contributed by atoms with van der Waals surface area (Å²) in [7, 11) is 0. The normalized spacial score (nSPS) is 11.7. The molecule has 2 N–H and O–H groups in total. The number of aryl methyl sites for hydroxylation is 1.